The van der Waals surface area contributed by atoms with Gasteiger partial charge in [0.25, 0.3) is 5.69 Å². The molecule has 2 N–H and O–H groups in total. The number of aromatic nitrogens is 2. The van der Waals surface area contributed by atoms with Gasteiger partial charge in [0.15, 0.2) is 11.6 Å². The molecule has 1 heterocycles. The summed E-state index contributed by atoms with van der Waals surface area (Å²) in [6.45, 7) is 0. The van der Waals surface area contributed by atoms with E-state index in [1.165, 1.54) is 25.3 Å². The number of nitro benzene ring substituents is 1. The van der Waals surface area contributed by atoms with Gasteiger partial charge in [-0.05, 0) is 24.3 Å². The van der Waals surface area contributed by atoms with Crippen LogP contribution in [0.3, 0.4) is 0 Å². The van der Waals surface area contributed by atoms with Gasteiger partial charge >= 0.3 is 5.97 Å². The van der Waals surface area contributed by atoms with Gasteiger partial charge in [-0.25, -0.2) is 4.79 Å². The number of para-hydroxylation sites is 1. The predicted molar refractivity (Wildman–Crippen MR) is 96.9 cm³/mol. The van der Waals surface area contributed by atoms with Gasteiger partial charge in [0.05, 0.1) is 23.4 Å². The number of carbonyl (C=O) groups is 1. The van der Waals surface area contributed by atoms with Crippen LogP contribution in [-0.4, -0.2) is 33.3 Å². The molecule has 27 heavy (non-hydrogen) atoms. The monoisotopic (exact) mass is 366 g/mol. The van der Waals surface area contributed by atoms with E-state index in [-0.39, 0.29) is 22.7 Å². The second-order valence-corrected chi connectivity index (χ2v) is 5.43. The van der Waals surface area contributed by atoms with E-state index in [2.05, 4.69) is 20.3 Å². The fourth-order valence-electron chi connectivity index (χ4n) is 2.39. The Morgan fingerprint density at radius 2 is 1.93 bits per heavy atom. The predicted octanol–water partition coefficient (Wildman–Crippen LogP) is 3.29. The summed E-state index contributed by atoms with van der Waals surface area (Å²) in [5.74, 6) is -0.612. The number of methoxy groups -OCH3 is 1. The number of ether oxygens (including phenoxy) is 1. The molecule has 136 valence electrons. The fraction of sp³-hybridized carbons (Fsp3) is 0.0556. The minimum atomic E-state index is -0.664. The van der Waals surface area contributed by atoms with Crippen molar-refractivity contribution in [1.82, 2.24) is 10.2 Å². The third kappa shape index (κ3) is 3.82. The number of phenolic OH excluding ortho intramolecular Hbond substituents is 1. The van der Waals surface area contributed by atoms with Crippen molar-refractivity contribution in [2.24, 2.45) is 0 Å². The molecule has 0 atom stereocenters. The molecule has 0 unspecified atom stereocenters. The van der Waals surface area contributed by atoms with Gasteiger partial charge in [-0.1, -0.05) is 18.2 Å². The fourth-order valence-corrected chi connectivity index (χ4v) is 2.39. The topological polar surface area (TPSA) is 127 Å². The second kappa shape index (κ2) is 7.48. The highest BCUT2D eigenvalue weighted by molar-refractivity contribution is 5.94. The lowest BCUT2D eigenvalue weighted by Crippen LogP contribution is -2.03. The Kier molecular flexibility index (Phi) is 4.93. The van der Waals surface area contributed by atoms with Crippen molar-refractivity contribution in [3.05, 3.63) is 70.3 Å². The molecule has 0 amide bonds. The van der Waals surface area contributed by atoms with E-state index in [0.29, 0.717) is 17.1 Å². The number of benzene rings is 2. The highest BCUT2D eigenvalue weighted by atomic mass is 16.6. The summed E-state index contributed by atoms with van der Waals surface area (Å²) in [5, 5.41) is 32.0. The van der Waals surface area contributed by atoms with Crippen LogP contribution in [0.15, 0.2) is 54.6 Å². The number of rotatable bonds is 5. The summed E-state index contributed by atoms with van der Waals surface area (Å²) in [6, 6.07) is 13.9. The maximum Gasteiger partial charge on any atom is 0.341 e. The van der Waals surface area contributed by atoms with E-state index in [4.69, 9.17) is 0 Å². The number of anilines is 2. The van der Waals surface area contributed by atoms with Crippen LogP contribution in [0, 0.1) is 10.1 Å². The molecule has 0 bridgehead atoms. The second-order valence-electron chi connectivity index (χ2n) is 5.43. The maximum absolute atomic E-state index is 11.6. The summed E-state index contributed by atoms with van der Waals surface area (Å²) in [6.07, 6.45) is 0. The normalized spacial score (nSPS) is 10.3. The summed E-state index contributed by atoms with van der Waals surface area (Å²) in [7, 11) is 1.22. The zero-order valence-corrected chi connectivity index (χ0v) is 14.1. The van der Waals surface area contributed by atoms with Crippen LogP contribution in [0.5, 0.6) is 5.75 Å². The number of aromatic hydroxyl groups is 1. The third-order valence-corrected chi connectivity index (χ3v) is 3.72. The average molecular weight is 366 g/mol. The van der Waals surface area contributed by atoms with E-state index < -0.39 is 10.9 Å². The van der Waals surface area contributed by atoms with Crippen LogP contribution < -0.4 is 5.32 Å². The van der Waals surface area contributed by atoms with Gasteiger partial charge in [-0.3, -0.25) is 10.1 Å². The highest BCUT2D eigenvalue weighted by Crippen LogP contribution is 2.30. The van der Waals surface area contributed by atoms with Crippen molar-refractivity contribution in [1.29, 1.82) is 0 Å². The van der Waals surface area contributed by atoms with E-state index >= 15 is 0 Å². The number of nitrogens with zero attached hydrogens (tertiary/aromatic N) is 3. The number of hydrogen-bond donors (Lipinski definition) is 2. The van der Waals surface area contributed by atoms with Crippen molar-refractivity contribution in [2.45, 2.75) is 0 Å². The molecular weight excluding hydrogens is 352 g/mol. The number of nitro groups is 1. The SMILES string of the molecule is COC(=O)c1cccc(Nc2ccc(-c3cccc([N+](=O)[O-])c3)nn2)c1O. The summed E-state index contributed by atoms with van der Waals surface area (Å²) >= 11 is 0. The number of esters is 1. The van der Waals surface area contributed by atoms with Crippen LogP contribution in [0.1, 0.15) is 10.4 Å². The summed E-state index contributed by atoms with van der Waals surface area (Å²) < 4.78 is 4.61. The first-order chi connectivity index (χ1) is 13.0. The van der Waals surface area contributed by atoms with Crippen LogP contribution >= 0.6 is 0 Å². The van der Waals surface area contributed by atoms with Crippen LogP contribution in [-0.2, 0) is 4.74 Å². The molecule has 0 aliphatic carbocycles. The molecule has 0 fully saturated rings. The Bertz CT molecular complexity index is 1000. The molecule has 0 aliphatic heterocycles. The van der Waals surface area contributed by atoms with Crippen molar-refractivity contribution in [2.75, 3.05) is 12.4 Å². The molecule has 0 saturated heterocycles. The molecule has 0 radical (unpaired) electrons. The molecule has 3 aromatic rings. The Morgan fingerprint density at radius 1 is 1.15 bits per heavy atom. The third-order valence-electron chi connectivity index (χ3n) is 3.72. The van der Waals surface area contributed by atoms with Gasteiger partial charge in [-0.2, -0.15) is 0 Å². The molecule has 0 saturated carbocycles. The molecule has 0 aliphatic rings. The first-order valence-corrected chi connectivity index (χ1v) is 7.75. The van der Waals surface area contributed by atoms with Gasteiger partial charge in [0.1, 0.15) is 5.56 Å². The molecule has 9 nitrogen and oxygen atoms in total. The smallest absolute Gasteiger partial charge is 0.341 e. The van der Waals surface area contributed by atoms with Crippen molar-refractivity contribution >= 4 is 23.2 Å². The van der Waals surface area contributed by atoms with Crippen LogP contribution in [0.2, 0.25) is 0 Å². The Labute approximate surface area is 153 Å². The molecule has 2 aromatic carbocycles. The highest BCUT2D eigenvalue weighted by Gasteiger charge is 2.15. The van der Waals surface area contributed by atoms with E-state index in [1.807, 2.05) is 0 Å². The first kappa shape index (κ1) is 17.8. The minimum Gasteiger partial charge on any atom is -0.505 e. The number of non-ortho nitro benzene ring substituents is 1. The largest absolute Gasteiger partial charge is 0.505 e. The number of nitrogens with one attached hydrogen (secondary N) is 1. The average Bonchev–Trinajstić information content (AvgIpc) is 2.69. The Hall–Kier alpha value is -4.01. The number of hydrogen-bond acceptors (Lipinski definition) is 8. The van der Waals surface area contributed by atoms with Crippen molar-refractivity contribution in [3.8, 4) is 17.0 Å². The quantitative estimate of drug-likeness (QED) is 0.305. The molecular formula is C18H14N4O5. The first-order valence-electron chi connectivity index (χ1n) is 7.75. The van der Waals surface area contributed by atoms with E-state index in [1.54, 1.807) is 36.4 Å². The minimum absolute atomic E-state index is 0.0173. The van der Waals surface area contributed by atoms with Crippen molar-refractivity contribution in [3.63, 3.8) is 0 Å². The lowest BCUT2D eigenvalue weighted by Gasteiger charge is -2.10. The zero-order chi connectivity index (χ0) is 19.4. The lowest BCUT2D eigenvalue weighted by atomic mass is 10.1. The van der Waals surface area contributed by atoms with Crippen LogP contribution in [0.25, 0.3) is 11.3 Å². The van der Waals surface area contributed by atoms with Crippen molar-refractivity contribution < 1.29 is 19.6 Å². The molecule has 1 aromatic heterocycles. The number of carbonyl (C=O) groups excluding carboxylic acids is 1. The van der Waals surface area contributed by atoms with Crippen LogP contribution in [0.4, 0.5) is 17.2 Å². The summed E-state index contributed by atoms with van der Waals surface area (Å²) in [4.78, 5) is 22.0. The lowest BCUT2D eigenvalue weighted by molar-refractivity contribution is -0.384. The molecule has 9 heteroatoms. The maximum atomic E-state index is 11.6. The summed E-state index contributed by atoms with van der Waals surface area (Å²) in [5.41, 5.74) is 1.25. The van der Waals surface area contributed by atoms with E-state index in [9.17, 15) is 20.0 Å². The van der Waals surface area contributed by atoms with E-state index in [0.717, 1.165) is 0 Å². The van der Waals surface area contributed by atoms with Gasteiger partial charge in [0.2, 0.25) is 0 Å². The zero-order valence-electron chi connectivity index (χ0n) is 14.1. The molecule has 0 spiro atoms. The Balaban J connectivity index is 1.84. The standard InChI is InChI=1S/C18H14N4O5/c1-27-18(24)13-6-3-7-15(17(13)23)19-16-9-8-14(20-21-16)11-4-2-5-12(10-11)22(25)26/h2-10,23H,1H3,(H,19,21). The van der Waals surface area contributed by atoms with Gasteiger partial charge in [0, 0.05) is 17.7 Å². The van der Waals surface area contributed by atoms with Gasteiger partial charge < -0.3 is 15.2 Å². The molecule has 3 rings (SSSR count). The van der Waals surface area contributed by atoms with Gasteiger partial charge in [-0.15, -0.1) is 10.2 Å². The number of phenols is 1. The Morgan fingerprint density at radius 3 is 2.59 bits per heavy atom.